The lowest BCUT2D eigenvalue weighted by molar-refractivity contribution is -0.141. The van der Waals surface area contributed by atoms with E-state index in [0.29, 0.717) is 56.6 Å². The first-order valence-corrected chi connectivity index (χ1v) is 14.8. The largest absolute Gasteiger partial charge is 0.495 e. The molecule has 0 spiro atoms. The van der Waals surface area contributed by atoms with E-state index in [9.17, 15) is 9.59 Å². The Morgan fingerprint density at radius 2 is 1.92 bits per heavy atom. The molecule has 1 aliphatic heterocycles. The zero-order chi connectivity index (χ0) is 25.0. The Balaban J connectivity index is 1.30. The third-order valence-electron chi connectivity index (χ3n) is 8.34. The second kappa shape index (κ2) is 9.34. The van der Waals surface area contributed by atoms with Crippen LogP contribution in [0.5, 0.6) is 5.75 Å². The van der Waals surface area contributed by atoms with E-state index >= 15 is 0 Å². The first-order valence-electron chi connectivity index (χ1n) is 12.5. The topological polar surface area (TPSA) is 59.0 Å². The highest BCUT2D eigenvalue weighted by Crippen LogP contribution is 2.60. The molecule has 5 nitrogen and oxygen atoms in total. The van der Waals surface area contributed by atoms with Crippen LogP contribution in [0.2, 0.25) is 5.02 Å². The average Bonchev–Trinajstić information content (AvgIpc) is 3.38. The molecule has 4 saturated carbocycles. The van der Waals surface area contributed by atoms with Gasteiger partial charge in [0.05, 0.1) is 18.6 Å². The highest BCUT2D eigenvalue weighted by atomic mass is 35.5. The van der Waals surface area contributed by atoms with Crippen molar-refractivity contribution < 1.29 is 14.3 Å². The summed E-state index contributed by atoms with van der Waals surface area (Å²) in [6.07, 6.45) is 8.87. The van der Waals surface area contributed by atoms with Gasteiger partial charge >= 0.3 is 0 Å². The van der Waals surface area contributed by atoms with Crippen molar-refractivity contribution >= 4 is 63.3 Å². The summed E-state index contributed by atoms with van der Waals surface area (Å²) in [5, 5.41) is 3.00. The van der Waals surface area contributed by atoms with Gasteiger partial charge in [0.15, 0.2) is 5.17 Å². The zero-order valence-electron chi connectivity index (χ0n) is 20.5. The number of ketones is 1. The molecule has 7 rings (SSSR count). The quantitative estimate of drug-likeness (QED) is 0.371. The number of thioether (sulfide) groups is 1. The SMILES string of the molecule is COc1ccc(Cl)cc1N1C(=O)/C(=C/c2sccc2C)N=C1SCC(=O)C12CC3CC(CC(C3)C1)C2. The molecule has 0 radical (unpaired) electrons. The molecule has 2 heterocycles. The van der Waals surface area contributed by atoms with E-state index < -0.39 is 0 Å². The van der Waals surface area contributed by atoms with Crippen LogP contribution in [-0.4, -0.2) is 29.7 Å². The molecule has 0 N–H and O–H groups in total. The Kier molecular flexibility index (Phi) is 6.29. The first kappa shape index (κ1) is 24.3. The molecule has 36 heavy (non-hydrogen) atoms. The van der Waals surface area contributed by atoms with Gasteiger partial charge in [-0.25, -0.2) is 9.89 Å². The number of benzene rings is 1. The number of carbonyl (C=O) groups excluding carboxylic acids is 2. The Hall–Kier alpha value is -2.09. The van der Waals surface area contributed by atoms with Gasteiger partial charge in [-0.2, -0.15) is 0 Å². The summed E-state index contributed by atoms with van der Waals surface area (Å²) >= 11 is 9.25. The van der Waals surface area contributed by atoms with Crippen molar-refractivity contribution in [1.29, 1.82) is 0 Å². The smallest absolute Gasteiger partial charge is 0.283 e. The van der Waals surface area contributed by atoms with Gasteiger partial charge in [-0.1, -0.05) is 23.4 Å². The summed E-state index contributed by atoms with van der Waals surface area (Å²) in [5.74, 6) is 3.08. The van der Waals surface area contributed by atoms with E-state index in [1.165, 1.54) is 31.0 Å². The van der Waals surface area contributed by atoms with Crippen LogP contribution in [0.4, 0.5) is 5.69 Å². The van der Waals surface area contributed by atoms with Crippen molar-refractivity contribution in [3.8, 4) is 5.75 Å². The fraction of sp³-hybridized carbons (Fsp3) is 0.464. The minimum atomic E-state index is -0.242. The third-order valence-corrected chi connectivity index (χ3v) is 10.5. The number of hydrogen-bond donors (Lipinski definition) is 0. The molecule has 1 amide bonds. The van der Waals surface area contributed by atoms with Crippen molar-refractivity contribution in [2.75, 3.05) is 17.8 Å². The summed E-state index contributed by atoms with van der Waals surface area (Å²) in [6.45, 7) is 2.02. The maximum atomic E-state index is 13.7. The number of Topliss-reactive ketones (excluding diaryl/α,β-unsaturated/α-hetero) is 1. The normalized spacial score (nSPS) is 29.8. The minimum absolute atomic E-state index is 0.170. The molecule has 2 aromatic rings. The molecule has 0 saturated heterocycles. The zero-order valence-corrected chi connectivity index (χ0v) is 22.8. The van der Waals surface area contributed by atoms with Gasteiger partial charge in [0.2, 0.25) is 0 Å². The minimum Gasteiger partial charge on any atom is -0.495 e. The first-order chi connectivity index (χ1) is 17.3. The highest BCUT2D eigenvalue weighted by Gasteiger charge is 2.54. The van der Waals surface area contributed by atoms with Crippen LogP contribution in [-0.2, 0) is 9.59 Å². The molecule has 188 valence electrons. The van der Waals surface area contributed by atoms with E-state index in [1.54, 1.807) is 41.5 Å². The van der Waals surface area contributed by atoms with Crippen LogP contribution in [0, 0.1) is 30.1 Å². The van der Waals surface area contributed by atoms with Crippen LogP contribution in [0.1, 0.15) is 49.0 Å². The van der Waals surface area contributed by atoms with Crippen LogP contribution in [0.15, 0.2) is 40.3 Å². The molecule has 0 unspecified atom stereocenters. The number of amides is 1. The van der Waals surface area contributed by atoms with Gasteiger partial charge in [-0.05, 0) is 104 Å². The van der Waals surface area contributed by atoms with E-state index in [2.05, 4.69) is 0 Å². The number of carbonyl (C=O) groups is 2. The summed E-state index contributed by atoms with van der Waals surface area (Å²) in [5.41, 5.74) is 1.82. The van der Waals surface area contributed by atoms with Crippen LogP contribution in [0.25, 0.3) is 6.08 Å². The highest BCUT2D eigenvalue weighted by molar-refractivity contribution is 8.14. The number of amidine groups is 1. The Morgan fingerprint density at radius 3 is 2.53 bits per heavy atom. The Morgan fingerprint density at radius 1 is 1.22 bits per heavy atom. The monoisotopic (exact) mass is 540 g/mol. The number of ether oxygens (including phenoxy) is 1. The number of halogens is 1. The molecule has 5 aliphatic rings. The fourth-order valence-corrected chi connectivity index (χ4v) is 9.09. The van der Waals surface area contributed by atoms with Crippen LogP contribution in [0.3, 0.4) is 0 Å². The summed E-state index contributed by atoms with van der Waals surface area (Å²) < 4.78 is 5.56. The van der Waals surface area contributed by atoms with E-state index in [0.717, 1.165) is 29.7 Å². The molecule has 0 atom stereocenters. The van der Waals surface area contributed by atoms with Gasteiger partial charge in [-0.3, -0.25) is 9.59 Å². The van der Waals surface area contributed by atoms with Crippen molar-refractivity contribution in [1.82, 2.24) is 0 Å². The predicted molar refractivity (Wildman–Crippen MR) is 148 cm³/mol. The maximum absolute atomic E-state index is 13.7. The molecule has 1 aromatic carbocycles. The van der Waals surface area contributed by atoms with Crippen LogP contribution >= 0.6 is 34.7 Å². The summed E-state index contributed by atoms with van der Waals surface area (Å²) in [6, 6.07) is 7.22. The van der Waals surface area contributed by atoms with E-state index in [1.807, 2.05) is 24.4 Å². The fourth-order valence-electron chi connectivity index (χ4n) is 7.04. The van der Waals surface area contributed by atoms with Gasteiger partial charge in [0, 0.05) is 15.3 Å². The van der Waals surface area contributed by atoms with Gasteiger partial charge < -0.3 is 4.74 Å². The number of anilines is 1. The number of aryl methyl sites for hydroxylation is 1. The van der Waals surface area contributed by atoms with E-state index in [-0.39, 0.29) is 11.3 Å². The second-order valence-corrected chi connectivity index (χ2v) is 13.1. The number of nitrogens with zero attached hydrogens (tertiary/aromatic N) is 2. The summed E-state index contributed by atoms with van der Waals surface area (Å²) in [7, 11) is 1.57. The summed E-state index contributed by atoms with van der Waals surface area (Å²) in [4.78, 5) is 34.6. The molecule has 8 heteroatoms. The standard InChI is InChI=1S/C28H29ClN2O3S2/c1-16-5-6-35-24(16)11-21-26(33)31(22-10-20(29)3-4-23(22)34-2)27(30-21)36-15-25(32)28-12-17-7-18(13-28)9-19(8-17)14-28/h3-6,10-11,17-19H,7-9,12-15H2,1-2H3/b21-11-. The predicted octanol–water partition coefficient (Wildman–Crippen LogP) is 6.98. The van der Waals surface area contributed by atoms with Gasteiger partial charge in [0.25, 0.3) is 5.91 Å². The molecule has 1 aromatic heterocycles. The lowest BCUT2D eigenvalue weighted by Gasteiger charge is -2.56. The van der Waals surface area contributed by atoms with Gasteiger partial charge in [0.1, 0.15) is 17.2 Å². The van der Waals surface area contributed by atoms with Crippen molar-refractivity contribution in [3.63, 3.8) is 0 Å². The maximum Gasteiger partial charge on any atom is 0.283 e. The number of methoxy groups -OCH3 is 1. The lowest BCUT2D eigenvalue weighted by Crippen LogP contribution is -2.50. The Labute approximate surface area is 225 Å². The average molecular weight is 541 g/mol. The molecular formula is C28H29ClN2O3S2. The number of aliphatic imine (C=N–C) groups is 1. The molecule has 4 aliphatic carbocycles. The van der Waals surface area contributed by atoms with Crippen molar-refractivity contribution in [3.05, 3.63) is 50.8 Å². The van der Waals surface area contributed by atoms with Crippen molar-refractivity contribution in [2.24, 2.45) is 28.2 Å². The van der Waals surface area contributed by atoms with Crippen molar-refractivity contribution in [2.45, 2.75) is 45.4 Å². The molecular weight excluding hydrogens is 512 g/mol. The third kappa shape index (κ3) is 4.23. The number of thiophene rings is 1. The number of rotatable bonds is 6. The Bertz CT molecular complexity index is 1260. The van der Waals surface area contributed by atoms with Crippen LogP contribution < -0.4 is 9.64 Å². The van der Waals surface area contributed by atoms with Gasteiger partial charge in [-0.15, -0.1) is 11.3 Å². The van der Waals surface area contributed by atoms with E-state index in [4.69, 9.17) is 21.3 Å². The lowest BCUT2D eigenvalue weighted by atomic mass is 9.48. The number of hydrogen-bond acceptors (Lipinski definition) is 6. The molecule has 4 fully saturated rings. The molecule has 4 bridgehead atoms. The second-order valence-electron chi connectivity index (χ2n) is 10.8.